The van der Waals surface area contributed by atoms with E-state index in [0.717, 1.165) is 43.2 Å². The molecule has 2 aromatic rings. The highest BCUT2D eigenvalue weighted by molar-refractivity contribution is 5.90. The second-order valence-corrected chi connectivity index (χ2v) is 6.76. The average molecular weight is 367 g/mol. The lowest BCUT2D eigenvalue weighted by molar-refractivity contribution is 0.208. The first-order valence-corrected chi connectivity index (χ1v) is 9.70. The zero-order valence-electron chi connectivity index (χ0n) is 16.5. The van der Waals surface area contributed by atoms with Crippen LogP contribution >= 0.6 is 0 Å². The molecule has 1 aliphatic heterocycles. The summed E-state index contributed by atoms with van der Waals surface area (Å²) in [5.41, 5.74) is 3.16. The Hall–Kier alpha value is -2.76. The van der Waals surface area contributed by atoms with E-state index in [1.807, 2.05) is 36.1 Å². The van der Waals surface area contributed by atoms with Crippen LogP contribution in [-0.4, -0.2) is 55.2 Å². The van der Waals surface area contributed by atoms with Gasteiger partial charge >= 0.3 is 6.03 Å². The topological polar surface area (TPSA) is 51.7 Å². The number of nitrogens with one attached hydrogen (secondary N) is 1. The van der Waals surface area contributed by atoms with Crippen molar-refractivity contribution in [1.29, 1.82) is 0 Å². The van der Waals surface area contributed by atoms with Gasteiger partial charge in [-0.2, -0.15) is 0 Å². The molecule has 1 saturated heterocycles. The van der Waals surface area contributed by atoms with Crippen LogP contribution in [0.5, 0.6) is 0 Å². The van der Waals surface area contributed by atoms with Crippen molar-refractivity contribution in [2.75, 3.05) is 54.4 Å². The Morgan fingerprint density at radius 1 is 1.11 bits per heavy atom. The lowest BCUT2D eigenvalue weighted by Gasteiger charge is -2.35. The number of carbonyl (C=O) groups excluding carboxylic acids is 1. The number of aryl methyl sites for hydroxylation is 1. The molecule has 0 radical (unpaired) electrons. The van der Waals surface area contributed by atoms with E-state index in [1.165, 1.54) is 5.69 Å². The Labute approximate surface area is 161 Å². The fraction of sp³-hybridized carbons (Fsp3) is 0.429. The van der Waals surface area contributed by atoms with Gasteiger partial charge in [-0.05, 0) is 56.7 Å². The van der Waals surface area contributed by atoms with Crippen LogP contribution < -0.4 is 15.1 Å². The summed E-state index contributed by atoms with van der Waals surface area (Å²) >= 11 is 0. The molecule has 144 valence electrons. The highest BCUT2D eigenvalue weighted by atomic mass is 16.2. The van der Waals surface area contributed by atoms with Gasteiger partial charge in [0.15, 0.2) is 0 Å². The van der Waals surface area contributed by atoms with Crippen LogP contribution in [0, 0.1) is 6.92 Å². The van der Waals surface area contributed by atoms with E-state index in [4.69, 9.17) is 0 Å². The number of rotatable bonds is 5. The Bertz CT molecular complexity index is 752. The molecule has 6 heteroatoms. The number of aromatic nitrogens is 1. The highest BCUT2D eigenvalue weighted by Gasteiger charge is 2.22. The number of hydrogen-bond donors (Lipinski definition) is 1. The molecule has 0 spiro atoms. The maximum absolute atomic E-state index is 12.7. The molecule has 3 rings (SSSR count). The van der Waals surface area contributed by atoms with Crippen molar-refractivity contribution in [3.05, 3.63) is 48.2 Å². The molecular weight excluding hydrogens is 338 g/mol. The van der Waals surface area contributed by atoms with Crippen molar-refractivity contribution in [2.24, 2.45) is 0 Å². The largest absolute Gasteiger partial charge is 0.372 e. The van der Waals surface area contributed by atoms with Gasteiger partial charge in [0.05, 0.1) is 0 Å². The summed E-state index contributed by atoms with van der Waals surface area (Å²) in [7, 11) is 0. The van der Waals surface area contributed by atoms with Gasteiger partial charge in [-0.3, -0.25) is 0 Å². The number of benzene rings is 1. The summed E-state index contributed by atoms with van der Waals surface area (Å²) in [5.74, 6) is 0.973. The molecule has 0 aliphatic carbocycles. The SMILES string of the molecule is CCN(CC)c1ccc(NC(=O)N2CCN(c3ccccn3)CC2)c(C)c1. The number of hydrogen-bond acceptors (Lipinski definition) is 4. The van der Waals surface area contributed by atoms with E-state index in [0.29, 0.717) is 13.1 Å². The van der Waals surface area contributed by atoms with Gasteiger partial charge in [0.1, 0.15) is 5.82 Å². The molecular formula is C21H29N5O. The highest BCUT2D eigenvalue weighted by Crippen LogP contribution is 2.23. The number of piperazine rings is 1. The van der Waals surface area contributed by atoms with Crippen LogP contribution in [-0.2, 0) is 0 Å². The van der Waals surface area contributed by atoms with Crippen molar-refractivity contribution in [3.8, 4) is 0 Å². The molecule has 2 heterocycles. The van der Waals surface area contributed by atoms with Crippen LogP contribution in [0.2, 0.25) is 0 Å². The maximum Gasteiger partial charge on any atom is 0.321 e. The predicted octanol–water partition coefficient (Wildman–Crippen LogP) is 3.59. The van der Waals surface area contributed by atoms with Crippen LogP contribution in [0.15, 0.2) is 42.6 Å². The van der Waals surface area contributed by atoms with E-state index in [-0.39, 0.29) is 6.03 Å². The molecule has 2 amide bonds. The molecule has 1 fully saturated rings. The molecule has 1 aliphatic rings. The van der Waals surface area contributed by atoms with E-state index < -0.39 is 0 Å². The van der Waals surface area contributed by atoms with E-state index in [2.05, 4.69) is 46.1 Å². The smallest absolute Gasteiger partial charge is 0.321 e. The van der Waals surface area contributed by atoms with E-state index in [1.54, 1.807) is 6.20 Å². The van der Waals surface area contributed by atoms with Gasteiger partial charge < -0.3 is 20.0 Å². The third-order valence-corrected chi connectivity index (χ3v) is 5.12. The summed E-state index contributed by atoms with van der Waals surface area (Å²) in [6.07, 6.45) is 1.80. The minimum absolute atomic E-state index is 0.0330. The second kappa shape index (κ2) is 8.75. The minimum Gasteiger partial charge on any atom is -0.372 e. The average Bonchev–Trinajstić information content (AvgIpc) is 2.71. The van der Waals surface area contributed by atoms with Crippen molar-refractivity contribution < 1.29 is 4.79 Å². The summed E-state index contributed by atoms with van der Waals surface area (Å²) in [5, 5.41) is 3.07. The monoisotopic (exact) mass is 367 g/mol. The van der Waals surface area contributed by atoms with Gasteiger partial charge in [0.2, 0.25) is 0 Å². The zero-order valence-corrected chi connectivity index (χ0v) is 16.5. The van der Waals surface area contributed by atoms with Crippen molar-refractivity contribution >= 4 is 23.2 Å². The third kappa shape index (κ3) is 4.51. The van der Waals surface area contributed by atoms with Gasteiger partial charge in [-0.1, -0.05) is 6.07 Å². The third-order valence-electron chi connectivity index (χ3n) is 5.12. The Morgan fingerprint density at radius 2 is 1.85 bits per heavy atom. The molecule has 0 saturated carbocycles. The number of nitrogens with zero attached hydrogens (tertiary/aromatic N) is 4. The Morgan fingerprint density at radius 3 is 2.44 bits per heavy atom. The van der Waals surface area contributed by atoms with Crippen LogP contribution in [0.4, 0.5) is 22.0 Å². The minimum atomic E-state index is -0.0330. The van der Waals surface area contributed by atoms with Crippen LogP contribution in [0.25, 0.3) is 0 Å². The predicted molar refractivity (Wildman–Crippen MR) is 112 cm³/mol. The van der Waals surface area contributed by atoms with Gasteiger partial charge in [0.25, 0.3) is 0 Å². The summed E-state index contributed by atoms with van der Waals surface area (Å²) in [6.45, 7) is 11.3. The molecule has 0 atom stereocenters. The lowest BCUT2D eigenvalue weighted by atomic mass is 10.1. The Kier molecular flexibility index (Phi) is 6.16. The fourth-order valence-electron chi connectivity index (χ4n) is 3.45. The van der Waals surface area contributed by atoms with Crippen LogP contribution in [0.3, 0.4) is 0 Å². The standard InChI is InChI=1S/C21H29N5O/c1-4-24(5-2)18-9-10-19(17(3)16-18)23-21(27)26-14-12-25(13-15-26)20-8-6-7-11-22-20/h6-11,16H,4-5,12-15H2,1-3H3,(H,23,27). The molecule has 0 unspecified atom stereocenters. The number of pyridine rings is 1. The van der Waals surface area contributed by atoms with E-state index >= 15 is 0 Å². The summed E-state index contributed by atoms with van der Waals surface area (Å²) < 4.78 is 0. The summed E-state index contributed by atoms with van der Waals surface area (Å²) in [6, 6.07) is 12.1. The first-order valence-electron chi connectivity index (χ1n) is 9.70. The summed E-state index contributed by atoms with van der Waals surface area (Å²) in [4.78, 5) is 23.4. The lowest BCUT2D eigenvalue weighted by Crippen LogP contribution is -2.50. The first-order chi connectivity index (χ1) is 13.1. The number of anilines is 3. The van der Waals surface area contributed by atoms with Gasteiger partial charge in [-0.25, -0.2) is 9.78 Å². The van der Waals surface area contributed by atoms with Crippen LogP contribution in [0.1, 0.15) is 19.4 Å². The fourth-order valence-corrected chi connectivity index (χ4v) is 3.45. The molecule has 6 nitrogen and oxygen atoms in total. The maximum atomic E-state index is 12.7. The molecule has 1 aromatic heterocycles. The Balaban J connectivity index is 1.58. The number of carbonyl (C=O) groups is 1. The van der Waals surface area contributed by atoms with E-state index in [9.17, 15) is 4.79 Å². The molecule has 27 heavy (non-hydrogen) atoms. The zero-order chi connectivity index (χ0) is 19.2. The van der Waals surface area contributed by atoms with Crippen molar-refractivity contribution in [3.63, 3.8) is 0 Å². The van der Waals surface area contributed by atoms with Crippen molar-refractivity contribution in [1.82, 2.24) is 9.88 Å². The van der Waals surface area contributed by atoms with Gasteiger partial charge in [-0.15, -0.1) is 0 Å². The van der Waals surface area contributed by atoms with Crippen molar-refractivity contribution in [2.45, 2.75) is 20.8 Å². The quantitative estimate of drug-likeness (QED) is 0.877. The molecule has 1 N–H and O–H groups in total. The van der Waals surface area contributed by atoms with Gasteiger partial charge in [0, 0.05) is 56.8 Å². The number of amides is 2. The molecule has 1 aromatic carbocycles. The number of urea groups is 1. The molecule has 0 bridgehead atoms. The normalized spacial score (nSPS) is 14.2. The first kappa shape index (κ1) is 19.0. The second-order valence-electron chi connectivity index (χ2n) is 6.76.